The summed E-state index contributed by atoms with van der Waals surface area (Å²) in [4.78, 5) is 9.08. The minimum atomic E-state index is -4.98. The number of rotatable bonds is 11. The fourth-order valence-corrected chi connectivity index (χ4v) is 3.41. The first-order chi connectivity index (χ1) is 17.8. The standard InChI is InChI=1S/C25H24F7N3O3/c1-3-16-9-15(2)10-19(11-16)37-21-7-8-33-23(34-21)35(14-20(36)24(28,29)30)13-17-5-4-6-18(12-17)38-25(31,32)22(26)27/h4-12,20,22,36H,3,13-14H2,1-2H3. The van der Waals surface area contributed by atoms with Crippen LogP contribution in [0.15, 0.2) is 54.7 Å². The Bertz CT molecular complexity index is 1220. The second-order valence-corrected chi connectivity index (χ2v) is 8.35. The van der Waals surface area contributed by atoms with Crippen LogP contribution in [0.5, 0.6) is 17.4 Å². The number of aliphatic hydroxyl groups is 1. The van der Waals surface area contributed by atoms with Gasteiger partial charge in [-0.05, 0) is 54.3 Å². The zero-order valence-electron chi connectivity index (χ0n) is 20.2. The lowest BCUT2D eigenvalue weighted by Crippen LogP contribution is -2.41. The quantitative estimate of drug-likeness (QED) is 0.284. The van der Waals surface area contributed by atoms with Crippen LogP contribution in [0.2, 0.25) is 0 Å². The van der Waals surface area contributed by atoms with E-state index in [0.29, 0.717) is 5.75 Å². The van der Waals surface area contributed by atoms with E-state index in [2.05, 4.69) is 14.7 Å². The summed E-state index contributed by atoms with van der Waals surface area (Å²) in [5.74, 6) is -0.451. The van der Waals surface area contributed by atoms with E-state index in [1.807, 2.05) is 19.9 Å². The second-order valence-electron chi connectivity index (χ2n) is 8.35. The molecule has 206 valence electrons. The maximum absolute atomic E-state index is 13.3. The maximum Gasteiger partial charge on any atom is 0.461 e. The number of benzene rings is 2. The van der Waals surface area contributed by atoms with Crippen molar-refractivity contribution in [2.45, 2.75) is 51.6 Å². The highest BCUT2D eigenvalue weighted by atomic mass is 19.4. The van der Waals surface area contributed by atoms with Crippen LogP contribution in [-0.2, 0) is 13.0 Å². The van der Waals surface area contributed by atoms with Gasteiger partial charge in [0.05, 0.1) is 6.54 Å². The van der Waals surface area contributed by atoms with Gasteiger partial charge in [-0.1, -0.05) is 25.1 Å². The lowest BCUT2D eigenvalue weighted by molar-refractivity contribution is -0.253. The molecule has 1 atom stereocenters. The predicted molar refractivity (Wildman–Crippen MR) is 124 cm³/mol. The third-order valence-electron chi connectivity index (χ3n) is 5.19. The number of alkyl halides is 7. The van der Waals surface area contributed by atoms with Crippen molar-refractivity contribution in [1.82, 2.24) is 9.97 Å². The first kappa shape index (κ1) is 29.0. The number of aromatic nitrogens is 2. The van der Waals surface area contributed by atoms with E-state index in [1.54, 1.807) is 12.1 Å². The minimum Gasteiger partial charge on any atom is -0.439 e. The molecule has 2 aromatic carbocycles. The Morgan fingerprint density at radius 3 is 2.34 bits per heavy atom. The van der Waals surface area contributed by atoms with Crippen molar-refractivity contribution in [3.8, 4) is 17.4 Å². The number of nitrogens with zero attached hydrogens (tertiary/aromatic N) is 3. The van der Waals surface area contributed by atoms with Crippen LogP contribution in [0, 0.1) is 6.92 Å². The smallest absolute Gasteiger partial charge is 0.439 e. The zero-order chi connectivity index (χ0) is 28.1. The van der Waals surface area contributed by atoms with Gasteiger partial charge in [0.1, 0.15) is 11.5 Å². The summed E-state index contributed by atoms with van der Waals surface area (Å²) >= 11 is 0. The van der Waals surface area contributed by atoms with Crippen molar-refractivity contribution in [1.29, 1.82) is 0 Å². The fraction of sp³-hybridized carbons (Fsp3) is 0.360. The largest absolute Gasteiger partial charge is 0.461 e. The molecule has 3 aromatic rings. The average Bonchev–Trinajstić information content (AvgIpc) is 2.82. The molecular formula is C25H24F7N3O3. The highest BCUT2D eigenvalue weighted by Crippen LogP contribution is 2.30. The Kier molecular flexibility index (Phi) is 9.02. The third kappa shape index (κ3) is 7.94. The molecule has 13 heteroatoms. The molecule has 0 aliphatic carbocycles. The van der Waals surface area contributed by atoms with E-state index in [4.69, 9.17) is 4.74 Å². The Morgan fingerprint density at radius 1 is 0.974 bits per heavy atom. The van der Waals surface area contributed by atoms with Crippen molar-refractivity contribution in [3.05, 3.63) is 71.4 Å². The summed E-state index contributed by atoms with van der Waals surface area (Å²) in [6.07, 6.45) is -14.7. The normalized spacial score (nSPS) is 12.9. The zero-order valence-corrected chi connectivity index (χ0v) is 20.2. The van der Waals surface area contributed by atoms with Crippen LogP contribution in [0.3, 0.4) is 0 Å². The van der Waals surface area contributed by atoms with E-state index < -0.39 is 43.7 Å². The summed E-state index contributed by atoms with van der Waals surface area (Å²) in [6.45, 7) is 2.39. The molecule has 0 bridgehead atoms. The SMILES string of the molecule is CCc1cc(C)cc(Oc2ccnc(N(Cc3cccc(OC(F)(F)C(F)F)c3)CC(O)C(F)(F)F)n2)c1. The van der Waals surface area contributed by atoms with Gasteiger partial charge in [0.25, 0.3) is 0 Å². The first-order valence-corrected chi connectivity index (χ1v) is 11.3. The van der Waals surface area contributed by atoms with Crippen molar-refractivity contribution in [2.24, 2.45) is 0 Å². The van der Waals surface area contributed by atoms with Gasteiger partial charge in [-0.2, -0.15) is 35.7 Å². The molecule has 3 rings (SSSR count). The average molecular weight is 547 g/mol. The van der Waals surface area contributed by atoms with Crippen LogP contribution < -0.4 is 14.4 Å². The highest BCUT2D eigenvalue weighted by Gasteiger charge is 2.44. The summed E-state index contributed by atoms with van der Waals surface area (Å²) < 4.78 is 101. The first-order valence-electron chi connectivity index (χ1n) is 11.3. The fourth-order valence-electron chi connectivity index (χ4n) is 3.41. The van der Waals surface area contributed by atoms with Gasteiger partial charge in [-0.15, -0.1) is 0 Å². The van der Waals surface area contributed by atoms with Gasteiger partial charge >= 0.3 is 18.7 Å². The molecule has 1 N–H and O–H groups in total. The molecule has 6 nitrogen and oxygen atoms in total. The van der Waals surface area contributed by atoms with Gasteiger partial charge in [0.2, 0.25) is 11.8 Å². The lowest BCUT2D eigenvalue weighted by Gasteiger charge is -2.27. The van der Waals surface area contributed by atoms with E-state index in [-0.39, 0.29) is 17.4 Å². The number of aryl methyl sites for hydroxylation is 2. The van der Waals surface area contributed by atoms with E-state index in [1.165, 1.54) is 24.4 Å². The molecular weight excluding hydrogens is 523 g/mol. The Hall–Kier alpha value is -3.61. The Morgan fingerprint density at radius 2 is 1.68 bits per heavy atom. The topological polar surface area (TPSA) is 67.7 Å². The predicted octanol–water partition coefficient (Wildman–Crippen LogP) is 6.31. The highest BCUT2D eigenvalue weighted by molar-refractivity contribution is 5.39. The van der Waals surface area contributed by atoms with Gasteiger partial charge in [0, 0.05) is 18.8 Å². The molecule has 0 saturated carbocycles. The molecule has 38 heavy (non-hydrogen) atoms. The number of hydrogen-bond donors (Lipinski definition) is 1. The molecule has 1 heterocycles. The molecule has 1 unspecified atom stereocenters. The molecule has 0 radical (unpaired) electrons. The van der Waals surface area contributed by atoms with Crippen LogP contribution >= 0.6 is 0 Å². The van der Waals surface area contributed by atoms with Crippen molar-refractivity contribution >= 4 is 5.95 Å². The van der Waals surface area contributed by atoms with E-state index >= 15 is 0 Å². The third-order valence-corrected chi connectivity index (χ3v) is 5.19. The Balaban J connectivity index is 1.90. The monoisotopic (exact) mass is 547 g/mol. The van der Waals surface area contributed by atoms with Gasteiger partial charge in [-0.3, -0.25) is 0 Å². The molecule has 0 saturated heterocycles. The number of anilines is 1. The summed E-state index contributed by atoms with van der Waals surface area (Å²) in [5.41, 5.74) is 2.01. The van der Waals surface area contributed by atoms with Gasteiger partial charge < -0.3 is 19.5 Å². The molecule has 0 fully saturated rings. The van der Waals surface area contributed by atoms with Crippen molar-refractivity contribution in [3.63, 3.8) is 0 Å². The number of aliphatic hydroxyl groups excluding tert-OH is 1. The van der Waals surface area contributed by atoms with Crippen LogP contribution in [0.25, 0.3) is 0 Å². The number of ether oxygens (including phenoxy) is 2. The van der Waals surface area contributed by atoms with Crippen molar-refractivity contribution < 1.29 is 45.3 Å². The van der Waals surface area contributed by atoms with E-state index in [9.17, 15) is 35.8 Å². The molecule has 0 aliphatic rings. The molecule has 1 aromatic heterocycles. The van der Waals surface area contributed by atoms with Crippen LogP contribution in [-0.4, -0.2) is 46.4 Å². The summed E-state index contributed by atoms with van der Waals surface area (Å²) in [6, 6.07) is 11.4. The van der Waals surface area contributed by atoms with Crippen molar-refractivity contribution in [2.75, 3.05) is 11.4 Å². The second kappa shape index (κ2) is 11.8. The van der Waals surface area contributed by atoms with Crippen LogP contribution in [0.1, 0.15) is 23.6 Å². The number of hydrogen-bond acceptors (Lipinski definition) is 6. The molecule has 0 amide bonds. The van der Waals surface area contributed by atoms with Gasteiger partial charge in [0.15, 0.2) is 6.10 Å². The Labute approximate surface area is 213 Å². The number of halogens is 7. The van der Waals surface area contributed by atoms with E-state index in [0.717, 1.165) is 34.6 Å². The minimum absolute atomic E-state index is 0.00260. The molecule has 0 spiro atoms. The maximum atomic E-state index is 13.3. The summed E-state index contributed by atoms with van der Waals surface area (Å²) in [7, 11) is 0. The van der Waals surface area contributed by atoms with Crippen LogP contribution in [0.4, 0.5) is 36.7 Å². The van der Waals surface area contributed by atoms with Gasteiger partial charge in [-0.25, -0.2) is 4.98 Å². The lowest BCUT2D eigenvalue weighted by atomic mass is 10.1. The summed E-state index contributed by atoms with van der Waals surface area (Å²) in [5, 5.41) is 9.70. The molecule has 0 aliphatic heterocycles.